The Kier molecular flexibility index (Phi) is 15.0. The number of Topliss-reactive ketones (excluding diaryl/α,β-unsaturated/α-hetero) is 1. The molecule has 1 saturated heterocycles. The summed E-state index contributed by atoms with van der Waals surface area (Å²) in [6.07, 6.45) is 3.99. The number of aromatic nitrogens is 1. The van der Waals surface area contributed by atoms with Gasteiger partial charge in [0.05, 0.1) is 18.0 Å². The SMILES string of the molecule is CCn1c(O)cc(SCCCCCCC(=O)CCC(C(=O)O)N2CCN(CC(=O)O)CCN(CC(=O)O)CC2)c1O. The summed E-state index contributed by atoms with van der Waals surface area (Å²) >= 11 is 1.48. The van der Waals surface area contributed by atoms with Crippen molar-refractivity contribution in [3.63, 3.8) is 0 Å². The van der Waals surface area contributed by atoms with Gasteiger partial charge in [0.2, 0.25) is 5.88 Å². The van der Waals surface area contributed by atoms with Gasteiger partial charge in [-0.15, -0.1) is 11.8 Å². The molecule has 1 aromatic rings. The van der Waals surface area contributed by atoms with E-state index in [0.717, 1.165) is 25.0 Å². The molecule has 0 saturated carbocycles. The van der Waals surface area contributed by atoms with Crippen LogP contribution in [0.3, 0.4) is 0 Å². The highest BCUT2D eigenvalue weighted by atomic mass is 32.2. The van der Waals surface area contributed by atoms with Gasteiger partial charge >= 0.3 is 17.9 Å². The average molecular weight is 601 g/mol. The van der Waals surface area contributed by atoms with E-state index in [1.165, 1.54) is 16.3 Å². The number of nitrogens with zero attached hydrogens (tertiary/aromatic N) is 4. The Morgan fingerprint density at radius 2 is 1.39 bits per heavy atom. The Labute approximate surface area is 244 Å². The monoisotopic (exact) mass is 600 g/mol. The molecule has 1 atom stereocenters. The van der Waals surface area contributed by atoms with Crippen LogP contribution < -0.4 is 0 Å². The lowest BCUT2D eigenvalue weighted by Gasteiger charge is -2.30. The largest absolute Gasteiger partial charge is 0.494 e. The predicted molar refractivity (Wildman–Crippen MR) is 153 cm³/mol. The Bertz CT molecular complexity index is 991. The highest BCUT2D eigenvalue weighted by Gasteiger charge is 2.28. The minimum atomic E-state index is -1.06. The second-order valence-corrected chi connectivity index (χ2v) is 11.4. The third-order valence-corrected chi connectivity index (χ3v) is 8.32. The highest BCUT2D eigenvalue weighted by molar-refractivity contribution is 7.99. The molecule has 232 valence electrons. The molecule has 14 heteroatoms. The van der Waals surface area contributed by atoms with Crippen molar-refractivity contribution in [3.8, 4) is 11.8 Å². The smallest absolute Gasteiger partial charge is 0.320 e. The molecule has 41 heavy (non-hydrogen) atoms. The van der Waals surface area contributed by atoms with E-state index in [4.69, 9.17) is 0 Å². The van der Waals surface area contributed by atoms with Crippen molar-refractivity contribution >= 4 is 35.5 Å². The molecular formula is C27H44N4O9S. The summed E-state index contributed by atoms with van der Waals surface area (Å²) < 4.78 is 1.43. The van der Waals surface area contributed by atoms with E-state index in [0.29, 0.717) is 63.6 Å². The second-order valence-electron chi connectivity index (χ2n) is 10.3. The predicted octanol–water partition coefficient (Wildman–Crippen LogP) is 1.85. The number of carbonyl (C=O) groups is 4. The molecule has 1 aromatic heterocycles. The molecule has 2 heterocycles. The van der Waals surface area contributed by atoms with E-state index in [2.05, 4.69) is 0 Å². The minimum absolute atomic E-state index is 0.00352. The lowest BCUT2D eigenvalue weighted by Crippen LogP contribution is -2.47. The molecule has 0 bridgehead atoms. The number of unbranched alkanes of at least 4 members (excludes halogenated alkanes) is 3. The summed E-state index contributed by atoms with van der Waals surface area (Å²) in [6, 6.07) is 0.630. The molecule has 0 aliphatic carbocycles. The van der Waals surface area contributed by atoms with Crippen LogP contribution in [0.15, 0.2) is 11.0 Å². The number of aliphatic carboxylic acids is 3. The lowest BCUT2D eigenvalue weighted by atomic mass is 10.0. The molecule has 0 aromatic carbocycles. The number of aromatic hydroxyl groups is 2. The number of hydrogen-bond donors (Lipinski definition) is 5. The molecule has 1 fully saturated rings. The van der Waals surface area contributed by atoms with Gasteiger partial charge in [0.1, 0.15) is 11.8 Å². The summed E-state index contributed by atoms with van der Waals surface area (Å²) in [4.78, 5) is 52.9. The molecule has 2 rings (SSSR count). The van der Waals surface area contributed by atoms with Gasteiger partial charge in [-0.25, -0.2) is 0 Å². The van der Waals surface area contributed by atoms with Crippen LogP contribution in [0.4, 0.5) is 0 Å². The van der Waals surface area contributed by atoms with Gasteiger partial charge in [-0.2, -0.15) is 0 Å². The number of carboxylic acids is 3. The zero-order valence-corrected chi connectivity index (χ0v) is 24.6. The Balaban J connectivity index is 1.78. The third kappa shape index (κ3) is 12.3. The zero-order valence-electron chi connectivity index (χ0n) is 23.7. The van der Waals surface area contributed by atoms with Crippen molar-refractivity contribution in [2.75, 3.05) is 58.1 Å². The van der Waals surface area contributed by atoms with E-state index >= 15 is 0 Å². The molecule has 13 nitrogen and oxygen atoms in total. The van der Waals surface area contributed by atoms with Gasteiger partial charge in [0, 0.05) is 64.7 Å². The number of ketones is 1. The normalized spacial score (nSPS) is 16.5. The van der Waals surface area contributed by atoms with Crippen LogP contribution in [0, 0.1) is 0 Å². The molecule has 0 radical (unpaired) electrons. The summed E-state index contributed by atoms with van der Waals surface area (Å²) in [5, 5.41) is 48.3. The van der Waals surface area contributed by atoms with Crippen molar-refractivity contribution < 1.29 is 44.7 Å². The van der Waals surface area contributed by atoms with Crippen LogP contribution in [-0.4, -0.2) is 133 Å². The van der Waals surface area contributed by atoms with Gasteiger partial charge in [-0.3, -0.25) is 38.4 Å². The van der Waals surface area contributed by atoms with E-state index in [1.54, 1.807) is 20.8 Å². The van der Waals surface area contributed by atoms with Gasteiger partial charge in [-0.05, 0) is 31.9 Å². The van der Waals surface area contributed by atoms with E-state index in [-0.39, 0.29) is 43.5 Å². The minimum Gasteiger partial charge on any atom is -0.494 e. The maximum atomic E-state index is 12.5. The van der Waals surface area contributed by atoms with Gasteiger partial charge in [0.25, 0.3) is 0 Å². The van der Waals surface area contributed by atoms with Crippen molar-refractivity contribution in [1.82, 2.24) is 19.3 Å². The molecule has 0 spiro atoms. The van der Waals surface area contributed by atoms with Gasteiger partial charge in [-0.1, -0.05) is 12.8 Å². The molecular weight excluding hydrogens is 556 g/mol. The number of hydrogen-bond acceptors (Lipinski definition) is 10. The van der Waals surface area contributed by atoms with Gasteiger partial charge < -0.3 is 25.5 Å². The fourth-order valence-corrected chi connectivity index (χ4v) is 5.93. The Morgan fingerprint density at radius 3 is 1.90 bits per heavy atom. The first-order valence-electron chi connectivity index (χ1n) is 14.1. The Hall–Kier alpha value is -2.81. The van der Waals surface area contributed by atoms with E-state index < -0.39 is 23.9 Å². The third-order valence-electron chi connectivity index (χ3n) is 7.22. The van der Waals surface area contributed by atoms with Gasteiger partial charge in [0.15, 0.2) is 5.88 Å². The molecule has 1 aliphatic rings. The standard InChI is InChI=1S/C27H44N4O9S/c1-2-31-23(33)17-22(26(31)38)41-16-6-4-3-5-7-20(32)8-9-21(27(39)40)30-14-12-28(18-24(34)35)10-11-29(13-15-30)19-25(36)37/h17,21,33,38H,2-16,18-19H2,1H3,(H,34,35)(H,36,37)(H,39,40). The van der Waals surface area contributed by atoms with Crippen LogP contribution in [0.25, 0.3) is 0 Å². The zero-order chi connectivity index (χ0) is 30.4. The first kappa shape index (κ1) is 34.4. The lowest BCUT2D eigenvalue weighted by molar-refractivity contribution is -0.144. The number of carbonyl (C=O) groups excluding carboxylic acids is 1. The first-order chi connectivity index (χ1) is 19.5. The van der Waals surface area contributed by atoms with Crippen molar-refractivity contribution in [2.24, 2.45) is 0 Å². The molecule has 0 amide bonds. The summed E-state index contributed by atoms with van der Waals surface area (Å²) in [7, 11) is 0. The first-order valence-corrected chi connectivity index (χ1v) is 15.1. The number of carboxylic acid groups (broad SMARTS) is 3. The van der Waals surface area contributed by atoms with Crippen molar-refractivity contribution in [2.45, 2.75) is 69.4 Å². The number of rotatable bonds is 18. The van der Waals surface area contributed by atoms with Crippen molar-refractivity contribution in [3.05, 3.63) is 6.07 Å². The highest BCUT2D eigenvalue weighted by Crippen LogP contribution is 2.35. The topological polar surface area (TPSA) is 184 Å². The fraction of sp³-hybridized carbons (Fsp3) is 0.704. The summed E-state index contributed by atoms with van der Waals surface area (Å²) in [6.45, 7) is 3.86. The second kappa shape index (κ2) is 17.9. The van der Waals surface area contributed by atoms with Crippen LogP contribution >= 0.6 is 11.8 Å². The quantitative estimate of drug-likeness (QED) is 0.122. The van der Waals surface area contributed by atoms with E-state index in [9.17, 15) is 44.7 Å². The van der Waals surface area contributed by atoms with E-state index in [1.807, 2.05) is 6.92 Å². The Morgan fingerprint density at radius 1 is 0.829 bits per heavy atom. The maximum absolute atomic E-state index is 12.5. The van der Waals surface area contributed by atoms with Crippen LogP contribution in [0.2, 0.25) is 0 Å². The maximum Gasteiger partial charge on any atom is 0.320 e. The van der Waals surface area contributed by atoms with Crippen LogP contribution in [0.5, 0.6) is 11.8 Å². The van der Waals surface area contributed by atoms with Crippen molar-refractivity contribution in [1.29, 1.82) is 0 Å². The van der Waals surface area contributed by atoms with Crippen LogP contribution in [0.1, 0.15) is 51.9 Å². The molecule has 1 aliphatic heterocycles. The summed E-state index contributed by atoms with van der Waals surface area (Å²) in [5.41, 5.74) is 0. The average Bonchev–Trinajstić information content (AvgIpc) is 3.21. The number of thioether (sulfide) groups is 1. The molecule has 5 N–H and O–H groups in total. The molecule has 1 unspecified atom stereocenters. The van der Waals surface area contributed by atoms with Crippen LogP contribution in [-0.2, 0) is 25.7 Å². The fourth-order valence-electron chi connectivity index (χ4n) is 4.93. The summed E-state index contributed by atoms with van der Waals surface area (Å²) in [5.74, 6) is -2.19.